The standard InChI is InChI=1S/C8H19NO/c1-6(2)8(4)9-7(3)5-10/h6-10H,5H2,1-4H3/t7-,8+/m1/s1. The topological polar surface area (TPSA) is 32.3 Å². The van der Waals surface area contributed by atoms with Gasteiger partial charge in [0.1, 0.15) is 0 Å². The number of nitrogens with one attached hydrogen (secondary N) is 1. The molecule has 0 aromatic heterocycles. The van der Waals surface area contributed by atoms with E-state index in [9.17, 15) is 0 Å². The molecular formula is C8H19NO. The van der Waals surface area contributed by atoms with Crippen LogP contribution in [0.2, 0.25) is 0 Å². The Hall–Kier alpha value is -0.0800. The van der Waals surface area contributed by atoms with Crippen molar-refractivity contribution in [3.05, 3.63) is 0 Å². The quantitative estimate of drug-likeness (QED) is 0.618. The van der Waals surface area contributed by atoms with Crippen LogP contribution in [0.1, 0.15) is 27.7 Å². The van der Waals surface area contributed by atoms with Gasteiger partial charge in [-0.05, 0) is 19.8 Å². The Morgan fingerprint density at radius 3 is 2.00 bits per heavy atom. The minimum absolute atomic E-state index is 0.219. The summed E-state index contributed by atoms with van der Waals surface area (Å²) in [5.74, 6) is 0.633. The Balaban J connectivity index is 3.46. The fourth-order valence-corrected chi connectivity index (χ4v) is 0.694. The zero-order chi connectivity index (χ0) is 8.15. The van der Waals surface area contributed by atoms with Crippen molar-refractivity contribution < 1.29 is 5.11 Å². The lowest BCUT2D eigenvalue weighted by atomic mass is 10.1. The summed E-state index contributed by atoms with van der Waals surface area (Å²) in [6.45, 7) is 8.68. The molecule has 0 aromatic carbocycles. The lowest BCUT2D eigenvalue weighted by Gasteiger charge is -2.21. The maximum atomic E-state index is 8.70. The molecule has 0 aliphatic rings. The average Bonchev–Trinajstić information content (AvgIpc) is 1.87. The third-order valence-electron chi connectivity index (χ3n) is 1.82. The Labute approximate surface area is 63.6 Å². The van der Waals surface area contributed by atoms with E-state index in [4.69, 9.17) is 5.11 Å². The second-order valence-corrected chi connectivity index (χ2v) is 3.28. The van der Waals surface area contributed by atoms with Gasteiger partial charge in [0, 0.05) is 12.1 Å². The summed E-state index contributed by atoms with van der Waals surface area (Å²) < 4.78 is 0. The molecule has 0 bridgehead atoms. The van der Waals surface area contributed by atoms with Gasteiger partial charge < -0.3 is 10.4 Å². The van der Waals surface area contributed by atoms with Crippen LogP contribution in [0, 0.1) is 5.92 Å². The number of aliphatic hydroxyl groups excluding tert-OH is 1. The van der Waals surface area contributed by atoms with Crippen LogP contribution in [0.5, 0.6) is 0 Å². The summed E-state index contributed by atoms with van der Waals surface area (Å²) in [5, 5.41) is 12.0. The van der Waals surface area contributed by atoms with Crippen LogP contribution in [0.25, 0.3) is 0 Å². The van der Waals surface area contributed by atoms with Gasteiger partial charge in [-0.15, -0.1) is 0 Å². The molecule has 0 aromatic rings. The van der Waals surface area contributed by atoms with Crippen LogP contribution >= 0.6 is 0 Å². The van der Waals surface area contributed by atoms with Gasteiger partial charge in [-0.25, -0.2) is 0 Å². The third kappa shape index (κ3) is 3.85. The molecule has 0 heterocycles. The lowest BCUT2D eigenvalue weighted by molar-refractivity contribution is 0.233. The van der Waals surface area contributed by atoms with Crippen molar-refractivity contribution in [2.75, 3.05) is 6.61 Å². The van der Waals surface area contributed by atoms with Crippen LogP contribution < -0.4 is 5.32 Å². The van der Waals surface area contributed by atoms with Crippen molar-refractivity contribution in [1.29, 1.82) is 0 Å². The van der Waals surface area contributed by atoms with E-state index in [0.29, 0.717) is 12.0 Å². The monoisotopic (exact) mass is 145 g/mol. The lowest BCUT2D eigenvalue weighted by Crippen LogP contribution is -2.39. The molecule has 62 valence electrons. The highest BCUT2D eigenvalue weighted by atomic mass is 16.3. The second kappa shape index (κ2) is 4.69. The van der Waals surface area contributed by atoms with E-state index in [0.717, 1.165) is 0 Å². The number of hydrogen-bond donors (Lipinski definition) is 2. The molecule has 0 aliphatic heterocycles. The van der Waals surface area contributed by atoms with Gasteiger partial charge in [0.2, 0.25) is 0 Å². The summed E-state index contributed by atoms with van der Waals surface area (Å²) in [5.41, 5.74) is 0. The van der Waals surface area contributed by atoms with Crippen molar-refractivity contribution >= 4 is 0 Å². The summed E-state index contributed by atoms with van der Waals surface area (Å²) in [6.07, 6.45) is 0. The highest BCUT2D eigenvalue weighted by Crippen LogP contribution is 2.00. The van der Waals surface area contributed by atoms with Crippen LogP contribution in [0.4, 0.5) is 0 Å². The highest BCUT2D eigenvalue weighted by Gasteiger charge is 2.08. The highest BCUT2D eigenvalue weighted by molar-refractivity contribution is 4.68. The molecule has 0 aliphatic carbocycles. The predicted octanol–water partition coefficient (Wildman–Crippen LogP) is 1.00. The number of hydrogen-bond acceptors (Lipinski definition) is 2. The van der Waals surface area contributed by atoms with Gasteiger partial charge >= 0.3 is 0 Å². The maximum absolute atomic E-state index is 8.70. The van der Waals surface area contributed by atoms with Crippen molar-refractivity contribution in [2.24, 2.45) is 5.92 Å². The number of rotatable bonds is 4. The first-order valence-corrected chi connectivity index (χ1v) is 3.94. The van der Waals surface area contributed by atoms with Crippen LogP contribution in [0.15, 0.2) is 0 Å². The van der Waals surface area contributed by atoms with E-state index >= 15 is 0 Å². The number of aliphatic hydroxyl groups is 1. The van der Waals surface area contributed by atoms with E-state index in [1.54, 1.807) is 0 Å². The fourth-order valence-electron chi connectivity index (χ4n) is 0.694. The molecule has 2 atom stereocenters. The predicted molar refractivity (Wildman–Crippen MR) is 44.0 cm³/mol. The van der Waals surface area contributed by atoms with Crippen LogP contribution in [-0.4, -0.2) is 23.8 Å². The van der Waals surface area contributed by atoms with Gasteiger partial charge in [-0.2, -0.15) is 0 Å². The van der Waals surface area contributed by atoms with Gasteiger partial charge in [-0.3, -0.25) is 0 Å². The molecule has 10 heavy (non-hydrogen) atoms. The third-order valence-corrected chi connectivity index (χ3v) is 1.82. The Bertz CT molecular complexity index is 83.3. The summed E-state index contributed by atoms with van der Waals surface area (Å²) in [4.78, 5) is 0. The smallest absolute Gasteiger partial charge is 0.0582 e. The van der Waals surface area contributed by atoms with E-state index in [1.807, 2.05) is 6.92 Å². The summed E-state index contributed by atoms with van der Waals surface area (Å²) >= 11 is 0. The maximum Gasteiger partial charge on any atom is 0.0582 e. The Kier molecular flexibility index (Phi) is 4.65. The van der Waals surface area contributed by atoms with Crippen LogP contribution in [-0.2, 0) is 0 Å². The van der Waals surface area contributed by atoms with Gasteiger partial charge in [-0.1, -0.05) is 13.8 Å². The van der Waals surface area contributed by atoms with E-state index in [2.05, 4.69) is 26.1 Å². The molecule has 0 saturated heterocycles. The molecule has 0 amide bonds. The van der Waals surface area contributed by atoms with Crippen molar-refractivity contribution in [3.8, 4) is 0 Å². The van der Waals surface area contributed by atoms with Crippen molar-refractivity contribution in [2.45, 2.75) is 39.8 Å². The SMILES string of the molecule is CC(C)[C@H](C)N[C@H](C)CO. The molecule has 0 rings (SSSR count). The molecule has 0 unspecified atom stereocenters. The molecule has 0 spiro atoms. The first-order chi connectivity index (χ1) is 4.57. The molecule has 2 nitrogen and oxygen atoms in total. The molecule has 0 fully saturated rings. The first-order valence-electron chi connectivity index (χ1n) is 3.94. The normalized spacial score (nSPS) is 17.4. The molecule has 0 radical (unpaired) electrons. The van der Waals surface area contributed by atoms with E-state index in [1.165, 1.54) is 0 Å². The Morgan fingerprint density at radius 2 is 1.70 bits per heavy atom. The summed E-state index contributed by atoms with van der Waals surface area (Å²) in [7, 11) is 0. The molecule has 2 heteroatoms. The van der Waals surface area contributed by atoms with Crippen LogP contribution in [0.3, 0.4) is 0 Å². The molecule has 0 saturated carbocycles. The average molecular weight is 145 g/mol. The zero-order valence-corrected chi connectivity index (χ0v) is 7.39. The van der Waals surface area contributed by atoms with E-state index < -0.39 is 0 Å². The van der Waals surface area contributed by atoms with Gasteiger partial charge in [0.25, 0.3) is 0 Å². The minimum atomic E-state index is 0.219. The first kappa shape index (κ1) is 9.92. The van der Waals surface area contributed by atoms with Crippen molar-refractivity contribution in [1.82, 2.24) is 5.32 Å². The van der Waals surface area contributed by atoms with Gasteiger partial charge in [0.15, 0.2) is 0 Å². The Morgan fingerprint density at radius 1 is 1.20 bits per heavy atom. The minimum Gasteiger partial charge on any atom is -0.395 e. The molecular weight excluding hydrogens is 126 g/mol. The van der Waals surface area contributed by atoms with Gasteiger partial charge in [0.05, 0.1) is 6.61 Å². The largest absolute Gasteiger partial charge is 0.395 e. The van der Waals surface area contributed by atoms with E-state index in [-0.39, 0.29) is 12.6 Å². The molecule has 2 N–H and O–H groups in total. The fraction of sp³-hybridized carbons (Fsp3) is 1.00. The van der Waals surface area contributed by atoms with Crippen molar-refractivity contribution in [3.63, 3.8) is 0 Å². The summed E-state index contributed by atoms with van der Waals surface area (Å²) in [6, 6.07) is 0.708. The second-order valence-electron chi connectivity index (χ2n) is 3.28. The zero-order valence-electron chi connectivity index (χ0n) is 7.39.